The van der Waals surface area contributed by atoms with Crippen LogP contribution in [0.3, 0.4) is 0 Å². The zero-order valence-corrected chi connectivity index (χ0v) is 14.2. The molecule has 0 radical (unpaired) electrons. The van der Waals surface area contributed by atoms with Gasteiger partial charge in [-0.1, -0.05) is 54.6 Å². The molecule has 2 aromatic carbocycles. The van der Waals surface area contributed by atoms with Crippen LogP contribution in [0.25, 0.3) is 17.2 Å². The number of alkyl carbamates (subject to hydrolysis) is 1. The van der Waals surface area contributed by atoms with Crippen molar-refractivity contribution in [2.45, 2.75) is 5.92 Å². The molecule has 0 spiro atoms. The molecule has 0 aliphatic heterocycles. The minimum atomic E-state index is -0.416. The molecular weight excluding hydrogens is 326 g/mol. The molecule has 0 bridgehead atoms. The SMILES string of the molecule is O=C(NCC=Cc1ccn[nH]1)OCC1c2ccccc2-c2ccccc21. The van der Waals surface area contributed by atoms with Gasteiger partial charge in [0.1, 0.15) is 6.61 Å². The van der Waals surface area contributed by atoms with Crippen molar-refractivity contribution in [2.75, 3.05) is 13.2 Å². The van der Waals surface area contributed by atoms with E-state index in [1.165, 1.54) is 22.3 Å². The lowest BCUT2D eigenvalue weighted by molar-refractivity contribution is 0.144. The zero-order chi connectivity index (χ0) is 17.8. The number of aromatic nitrogens is 2. The van der Waals surface area contributed by atoms with Gasteiger partial charge >= 0.3 is 6.09 Å². The minimum Gasteiger partial charge on any atom is -0.449 e. The van der Waals surface area contributed by atoms with Crippen LogP contribution in [0.5, 0.6) is 0 Å². The molecule has 0 saturated carbocycles. The summed E-state index contributed by atoms with van der Waals surface area (Å²) in [5, 5.41) is 9.42. The van der Waals surface area contributed by atoms with Gasteiger partial charge in [0.05, 0.1) is 5.69 Å². The number of ether oxygens (including phenoxy) is 1. The molecule has 5 heteroatoms. The largest absolute Gasteiger partial charge is 0.449 e. The Kier molecular flexibility index (Phi) is 4.51. The lowest BCUT2D eigenvalue weighted by atomic mass is 9.98. The summed E-state index contributed by atoms with van der Waals surface area (Å²) >= 11 is 0. The standard InChI is InChI=1S/C21H19N3O2/c25-21(22-12-5-6-15-11-13-23-24-15)26-14-20-18-9-3-1-7-16(18)17-8-2-4-10-19(17)20/h1-11,13,20H,12,14H2,(H,22,25)(H,23,24). The normalized spacial score (nSPS) is 12.8. The van der Waals surface area contributed by atoms with Crippen molar-refractivity contribution in [3.8, 4) is 11.1 Å². The van der Waals surface area contributed by atoms with Crippen LogP contribution < -0.4 is 5.32 Å². The van der Waals surface area contributed by atoms with Gasteiger partial charge in [-0.05, 0) is 34.4 Å². The molecule has 1 heterocycles. The molecule has 3 aromatic rings. The number of nitrogens with one attached hydrogen (secondary N) is 2. The monoisotopic (exact) mass is 345 g/mol. The topological polar surface area (TPSA) is 67.0 Å². The quantitative estimate of drug-likeness (QED) is 0.735. The first-order valence-electron chi connectivity index (χ1n) is 8.57. The zero-order valence-electron chi connectivity index (χ0n) is 14.2. The van der Waals surface area contributed by atoms with E-state index >= 15 is 0 Å². The molecule has 5 nitrogen and oxygen atoms in total. The molecule has 1 aromatic heterocycles. The van der Waals surface area contributed by atoms with E-state index in [1.807, 2.05) is 42.5 Å². The maximum absolute atomic E-state index is 12.0. The number of aromatic amines is 1. The van der Waals surface area contributed by atoms with Crippen LogP contribution in [0.1, 0.15) is 22.7 Å². The van der Waals surface area contributed by atoms with Crippen LogP contribution in [-0.4, -0.2) is 29.4 Å². The van der Waals surface area contributed by atoms with Crippen LogP contribution in [-0.2, 0) is 4.74 Å². The van der Waals surface area contributed by atoms with Crippen molar-refractivity contribution in [3.05, 3.63) is 83.7 Å². The predicted octanol–water partition coefficient (Wildman–Crippen LogP) is 3.96. The van der Waals surface area contributed by atoms with Crippen LogP contribution in [0.2, 0.25) is 0 Å². The molecule has 130 valence electrons. The third-order valence-corrected chi connectivity index (χ3v) is 4.53. The molecule has 0 atom stereocenters. The highest BCUT2D eigenvalue weighted by Crippen LogP contribution is 2.44. The van der Waals surface area contributed by atoms with Crippen LogP contribution >= 0.6 is 0 Å². The van der Waals surface area contributed by atoms with E-state index in [9.17, 15) is 4.79 Å². The molecular formula is C21H19N3O2. The van der Waals surface area contributed by atoms with Crippen molar-refractivity contribution in [1.29, 1.82) is 0 Å². The van der Waals surface area contributed by atoms with E-state index in [4.69, 9.17) is 4.74 Å². The van der Waals surface area contributed by atoms with Crippen molar-refractivity contribution in [3.63, 3.8) is 0 Å². The maximum atomic E-state index is 12.0. The second kappa shape index (κ2) is 7.27. The lowest BCUT2D eigenvalue weighted by Gasteiger charge is -2.14. The molecule has 26 heavy (non-hydrogen) atoms. The average Bonchev–Trinajstić information content (AvgIpc) is 3.30. The van der Waals surface area contributed by atoms with Crippen LogP contribution in [0, 0.1) is 0 Å². The van der Waals surface area contributed by atoms with Gasteiger partial charge in [-0.25, -0.2) is 4.79 Å². The van der Waals surface area contributed by atoms with Crippen molar-refractivity contribution >= 4 is 12.2 Å². The summed E-state index contributed by atoms with van der Waals surface area (Å²) < 4.78 is 5.47. The van der Waals surface area contributed by atoms with E-state index in [0.717, 1.165) is 5.69 Å². The molecule has 4 rings (SSSR count). The number of H-pyrrole nitrogens is 1. The molecule has 2 N–H and O–H groups in total. The third kappa shape index (κ3) is 3.24. The Bertz CT molecular complexity index is 886. The summed E-state index contributed by atoms with van der Waals surface area (Å²) in [6, 6.07) is 18.4. The highest BCUT2D eigenvalue weighted by molar-refractivity contribution is 5.79. The fourth-order valence-electron chi connectivity index (χ4n) is 3.34. The lowest BCUT2D eigenvalue weighted by Crippen LogP contribution is -2.26. The van der Waals surface area contributed by atoms with Gasteiger partial charge in [0.25, 0.3) is 0 Å². The highest BCUT2D eigenvalue weighted by atomic mass is 16.5. The Hall–Kier alpha value is -3.34. The molecule has 1 aliphatic rings. The van der Waals surface area contributed by atoms with Gasteiger partial charge in [-0.3, -0.25) is 5.10 Å². The molecule has 1 amide bonds. The smallest absolute Gasteiger partial charge is 0.407 e. The molecule has 0 unspecified atom stereocenters. The van der Waals surface area contributed by atoms with Crippen molar-refractivity contribution in [1.82, 2.24) is 15.5 Å². The minimum absolute atomic E-state index is 0.0775. The van der Waals surface area contributed by atoms with E-state index < -0.39 is 6.09 Å². The second-order valence-corrected chi connectivity index (χ2v) is 6.12. The number of carbonyl (C=O) groups is 1. The van der Waals surface area contributed by atoms with Gasteiger partial charge in [-0.15, -0.1) is 0 Å². The second-order valence-electron chi connectivity index (χ2n) is 6.12. The van der Waals surface area contributed by atoms with Crippen LogP contribution in [0.4, 0.5) is 4.79 Å². The Labute approximate surface area is 151 Å². The van der Waals surface area contributed by atoms with E-state index in [2.05, 4.69) is 39.8 Å². The van der Waals surface area contributed by atoms with Gasteiger partial charge in [0.15, 0.2) is 0 Å². The number of carbonyl (C=O) groups excluding carboxylic acids is 1. The van der Waals surface area contributed by atoms with E-state index in [0.29, 0.717) is 13.2 Å². The predicted molar refractivity (Wildman–Crippen MR) is 101 cm³/mol. The third-order valence-electron chi connectivity index (χ3n) is 4.53. The summed E-state index contributed by atoms with van der Waals surface area (Å²) in [4.78, 5) is 12.0. The van der Waals surface area contributed by atoms with Gasteiger partial charge < -0.3 is 10.1 Å². The molecule has 0 saturated heterocycles. The average molecular weight is 345 g/mol. The van der Waals surface area contributed by atoms with Crippen molar-refractivity contribution in [2.24, 2.45) is 0 Å². The number of rotatable bonds is 5. The first-order chi connectivity index (χ1) is 12.8. The number of hydrogen-bond acceptors (Lipinski definition) is 3. The molecule has 1 aliphatic carbocycles. The summed E-state index contributed by atoms with van der Waals surface area (Å²) in [7, 11) is 0. The summed E-state index contributed by atoms with van der Waals surface area (Å²) in [6.45, 7) is 0.722. The fourth-order valence-corrected chi connectivity index (χ4v) is 3.34. The Morgan fingerprint density at radius 1 is 1.08 bits per heavy atom. The number of benzene rings is 2. The fraction of sp³-hybridized carbons (Fsp3) is 0.143. The van der Waals surface area contributed by atoms with E-state index in [1.54, 1.807) is 6.20 Å². The van der Waals surface area contributed by atoms with Crippen molar-refractivity contribution < 1.29 is 9.53 Å². The van der Waals surface area contributed by atoms with E-state index in [-0.39, 0.29) is 5.92 Å². The van der Waals surface area contributed by atoms with Gasteiger partial charge in [0, 0.05) is 18.7 Å². The highest BCUT2D eigenvalue weighted by Gasteiger charge is 2.28. The first-order valence-corrected chi connectivity index (χ1v) is 8.57. The van der Waals surface area contributed by atoms with Crippen LogP contribution in [0.15, 0.2) is 66.9 Å². The first kappa shape index (κ1) is 16.1. The number of nitrogens with zero attached hydrogens (tertiary/aromatic N) is 1. The summed E-state index contributed by atoms with van der Waals surface area (Å²) in [6.07, 6.45) is 4.96. The number of hydrogen-bond donors (Lipinski definition) is 2. The van der Waals surface area contributed by atoms with Gasteiger partial charge in [0.2, 0.25) is 0 Å². The Morgan fingerprint density at radius 2 is 1.77 bits per heavy atom. The number of fused-ring (bicyclic) bond motifs is 3. The Morgan fingerprint density at radius 3 is 2.42 bits per heavy atom. The summed E-state index contributed by atoms with van der Waals surface area (Å²) in [5.74, 6) is 0.0775. The Balaban J connectivity index is 1.36. The number of amides is 1. The van der Waals surface area contributed by atoms with Gasteiger partial charge in [-0.2, -0.15) is 5.10 Å². The maximum Gasteiger partial charge on any atom is 0.407 e. The summed E-state index contributed by atoms with van der Waals surface area (Å²) in [5.41, 5.74) is 5.75. The molecule has 0 fully saturated rings.